The Balaban J connectivity index is 1.71. The average molecular weight is 340 g/mol. The molecule has 3 rings (SSSR count). The number of benzene rings is 1. The average Bonchev–Trinajstić information content (AvgIpc) is 2.99. The summed E-state index contributed by atoms with van der Waals surface area (Å²) < 4.78 is 13.7. The Kier molecular flexibility index (Phi) is 4.71. The van der Waals surface area contributed by atoms with Gasteiger partial charge in [0.15, 0.2) is 5.13 Å². The Morgan fingerprint density at radius 3 is 2.95 bits per heavy atom. The van der Waals surface area contributed by atoms with E-state index in [1.54, 1.807) is 6.20 Å². The minimum absolute atomic E-state index is 0.0777. The summed E-state index contributed by atoms with van der Waals surface area (Å²) >= 11 is 7.25. The second-order valence-electron chi connectivity index (χ2n) is 5.17. The predicted octanol–water partition coefficient (Wildman–Crippen LogP) is 3.65. The number of nitrogens with one attached hydrogen (secondary N) is 2. The number of anilines is 1. The molecule has 116 valence electrons. The number of amides is 1. The molecule has 7 heteroatoms. The molecule has 4 nitrogen and oxygen atoms in total. The molecule has 0 aliphatic carbocycles. The lowest BCUT2D eigenvalue weighted by Crippen LogP contribution is -2.26. The van der Waals surface area contributed by atoms with Gasteiger partial charge in [-0.2, -0.15) is 0 Å². The van der Waals surface area contributed by atoms with Gasteiger partial charge in [0.1, 0.15) is 5.82 Å². The number of thiazole rings is 1. The van der Waals surface area contributed by atoms with Gasteiger partial charge in [-0.3, -0.25) is 10.1 Å². The van der Waals surface area contributed by atoms with E-state index in [1.165, 1.54) is 29.5 Å². The van der Waals surface area contributed by atoms with Gasteiger partial charge in [-0.1, -0.05) is 11.6 Å². The molecule has 2 N–H and O–H groups in total. The van der Waals surface area contributed by atoms with E-state index >= 15 is 0 Å². The van der Waals surface area contributed by atoms with Gasteiger partial charge < -0.3 is 5.32 Å². The molecule has 0 saturated carbocycles. The summed E-state index contributed by atoms with van der Waals surface area (Å²) in [5, 5.41) is 6.76. The number of hydrogen-bond acceptors (Lipinski definition) is 4. The quantitative estimate of drug-likeness (QED) is 0.897. The van der Waals surface area contributed by atoms with Crippen molar-refractivity contribution in [3.63, 3.8) is 0 Å². The monoisotopic (exact) mass is 339 g/mol. The Labute approximate surface area is 136 Å². The molecule has 22 heavy (non-hydrogen) atoms. The molecule has 0 radical (unpaired) electrons. The number of carbonyl (C=O) groups excluding carboxylic acids is 1. The molecule has 1 aliphatic heterocycles. The minimum atomic E-state index is -0.600. The number of halogens is 2. The zero-order valence-electron chi connectivity index (χ0n) is 11.7. The largest absolute Gasteiger partial charge is 0.317 e. The van der Waals surface area contributed by atoms with E-state index < -0.39 is 11.7 Å². The van der Waals surface area contributed by atoms with E-state index in [0.717, 1.165) is 30.8 Å². The fourth-order valence-electron chi connectivity index (χ4n) is 2.48. The van der Waals surface area contributed by atoms with E-state index in [4.69, 9.17) is 11.6 Å². The Morgan fingerprint density at radius 1 is 1.41 bits per heavy atom. The Hall–Kier alpha value is -1.50. The van der Waals surface area contributed by atoms with Crippen molar-refractivity contribution in [3.8, 4) is 0 Å². The standard InChI is InChI=1S/C15H15ClFN3OS/c16-10-1-2-12(17)11(7-10)14(21)20-15-19-8-13(22-15)9-3-5-18-6-4-9/h1-2,7-9,18H,3-6H2,(H,19,20,21). The second kappa shape index (κ2) is 6.73. The van der Waals surface area contributed by atoms with Crippen molar-refractivity contribution < 1.29 is 9.18 Å². The van der Waals surface area contributed by atoms with Gasteiger partial charge in [-0.25, -0.2) is 9.37 Å². The van der Waals surface area contributed by atoms with E-state index in [9.17, 15) is 9.18 Å². The third kappa shape index (κ3) is 3.45. The van der Waals surface area contributed by atoms with Crippen molar-refractivity contribution in [2.24, 2.45) is 0 Å². The van der Waals surface area contributed by atoms with Gasteiger partial charge >= 0.3 is 0 Å². The van der Waals surface area contributed by atoms with Gasteiger partial charge in [-0.15, -0.1) is 11.3 Å². The molecule has 1 amide bonds. The highest BCUT2D eigenvalue weighted by atomic mass is 35.5. The van der Waals surface area contributed by atoms with Crippen molar-refractivity contribution in [1.29, 1.82) is 0 Å². The second-order valence-corrected chi connectivity index (χ2v) is 6.67. The molecule has 1 aromatic heterocycles. The van der Waals surface area contributed by atoms with Crippen LogP contribution >= 0.6 is 22.9 Å². The molecule has 0 bridgehead atoms. The number of rotatable bonds is 3. The van der Waals surface area contributed by atoms with Crippen LogP contribution in [0.25, 0.3) is 0 Å². The maximum absolute atomic E-state index is 13.7. The molecule has 2 heterocycles. The molecule has 0 spiro atoms. The van der Waals surface area contributed by atoms with E-state index in [0.29, 0.717) is 16.1 Å². The molecule has 1 aliphatic rings. The first kappa shape index (κ1) is 15.4. The maximum Gasteiger partial charge on any atom is 0.260 e. The topological polar surface area (TPSA) is 54.0 Å². The highest BCUT2D eigenvalue weighted by Gasteiger charge is 2.19. The molecule has 1 fully saturated rings. The van der Waals surface area contributed by atoms with Crippen LogP contribution in [0.4, 0.5) is 9.52 Å². The lowest BCUT2D eigenvalue weighted by Gasteiger charge is -2.20. The van der Waals surface area contributed by atoms with E-state index in [1.807, 2.05) is 0 Å². The molecule has 0 atom stereocenters. The summed E-state index contributed by atoms with van der Waals surface area (Å²) in [6, 6.07) is 3.90. The summed E-state index contributed by atoms with van der Waals surface area (Å²) in [4.78, 5) is 17.5. The van der Waals surface area contributed by atoms with Gasteiger partial charge in [0.05, 0.1) is 5.56 Å². The Bertz CT molecular complexity index is 685. The smallest absolute Gasteiger partial charge is 0.260 e. The highest BCUT2D eigenvalue weighted by molar-refractivity contribution is 7.15. The maximum atomic E-state index is 13.7. The molecule has 2 aromatic rings. The van der Waals surface area contributed by atoms with Crippen LogP contribution in [0.5, 0.6) is 0 Å². The van der Waals surface area contributed by atoms with Gasteiger partial charge in [-0.05, 0) is 50.0 Å². The van der Waals surface area contributed by atoms with Crippen molar-refractivity contribution in [2.75, 3.05) is 18.4 Å². The summed E-state index contributed by atoms with van der Waals surface area (Å²) in [5.74, 6) is -0.657. The molecule has 1 aromatic carbocycles. The van der Waals surface area contributed by atoms with Crippen LogP contribution in [0, 0.1) is 5.82 Å². The van der Waals surface area contributed by atoms with Crippen LogP contribution in [-0.2, 0) is 0 Å². The Morgan fingerprint density at radius 2 is 2.18 bits per heavy atom. The zero-order chi connectivity index (χ0) is 15.5. The fraction of sp³-hybridized carbons (Fsp3) is 0.333. The van der Waals surface area contributed by atoms with Crippen LogP contribution in [0.15, 0.2) is 24.4 Å². The summed E-state index contributed by atoms with van der Waals surface area (Å²) in [6.45, 7) is 2.00. The highest BCUT2D eigenvalue weighted by Crippen LogP contribution is 2.31. The molecule has 1 saturated heterocycles. The normalized spacial score (nSPS) is 15.7. The lowest BCUT2D eigenvalue weighted by atomic mass is 9.97. The first-order valence-electron chi connectivity index (χ1n) is 7.06. The molecular weight excluding hydrogens is 325 g/mol. The van der Waals surface area contributed by atoms with Crippen LogP contribution in [0.1, 0.15) is 34.0 Å². The summed E-state index contributed by atoms with van der Waals surface area (Å²) in [7, 11) is 0. The van der Waals surface area contributed by atoms with Crippen LogP contribution in [0.2, 0.25) is 5.02 Å². The third-order valence-electron chi connectivity index (χ3n) is 3.66. The zero-order valence-corrected chi connectivity index (χ0v) is 13.3. The van der Waals surface area contributed by atoms with Crippen molar-refractivity contribution >= 4 is 34.0 Å². The lowest BCUT2D eigenvalue weighted by molar-refractivity contribution is 0.102. The fourth-order valence-corrected chi connectivity index (χ4v) is 3.63. The molecule has 0 unspecified atom stereocenters. The SMILES string of the molecule is O=C(Nc1ncc(C2CCNCC2)s1)c1cc(Cl)ccc1F. The van der Waals surface area contributed by atoms with Gasteiger partial charge in [0, 0.05) is 16.1 Å². The predicted molar refractivity (Wildman–Crippen MR) is 86.3 cm³/mol. The van der Waals surface area contributed by atoms with Crippen molar-refractivity contribution in [3.05, 3.63) is 45.7 Å². The van der Waals surface area contributed by atoms with Crippen molar-refractivity contribution in [2.45, 2.75) is 18.8 Å². The molecular formula is C15H15ClFN3OS. The number of piperidine rings is 1. The first-order valence-corrected chi connectivity index (χ1v) is 8.26. The van der Waals surface area contributed by atoms with Gasteiger partial charge in [0.2, 0.25) is 0 Å². The van der Waals surface area contributed by atoms with E-state index in [2.05, 4.69) is 15.6 Å². The van der Waals surface area contributed by atoms with Gasteiger partial charge in [0.25, 0.3) is 5.91 Å². The van der Waals surface area contributed by atoms with Crippen LogP contribution in [-0.4, -0.2) is 24.0 Å². The third-order valence-corrected chi connectivity index (χ3v) is 4.97. The van der Waals surface area contributed by atoms with Crippen LogP contribution in [0.3, 0.4) is 0 Å². The number of nitrogens with zero attached hydrogens (tertiary/aromatic N) is 1. The number of aromatic nitrogens is 1. The summed E-state index contributed by atoms with van der Waals surface area (Å²) in [6.07, 6.45) is 3.93. The summed E-state index contributed by atoms with van der Waals surface area (Å²) in [5.41, 5.74) is -0.0777. The minimum Gasteiger partial charge on any atom is -0.317 e. The van der Waals surface area contributed by atoms with Crippen LogP contribution < -0.4 is 10.6 Å². The van der Waals surface area contributed by atoms with Crippen molar-refractivity contribution in [1.82, 2.24) is 10.3 Å². The number of carbonyl (C=O) groups is 1. The number of hydrogen-bond donors (Lipinski definition) is 2. The first-order chi connectivity index (χ1) is 10.6. The van der Waals surface area contributed by atoms with E-state index in [-0.39, 0.29) is 5.56 Å².